The van der Waals surface area contributed by atoms with Crippen molar-refractivity contribution in [1.82, 2.24) is 9.88 Å². The Morgan fingerprint density at radius 3 is 2.79 bits per heavy atom. The van der Waals surface area contributed by atoms with Gasteiger partial charge in [0.15, 0.2) is 0 Å². The fourth-order valence-electron chi connectivity index (χ4n) is 3.07. The van der Waals surface area contributed by atoms with Crippen LogP contribution in [0, 0.1) is 0 Å². The highest BCUT2D eigenvalue weighted by Crippen LogP contribution is 2.21. The lowest BCUT2D eigenvalue weighted by Gasteiger charge is -2.29. The van der Waals surface area contributed by atoms with Crippen molar-refractivity contribution in [3.05, 3.63) is 71.1 Å². The number of carboxylic acid groups (broad SMARTS) is 1. The standard InChI is InChI=1S/C21H23N5O2/c1-22-15-25-19-14-26(13-16-5-3-2-4-6-16)10-9-17(19)11-23-20-8-7-18(12-24-20)21(27)28/h2-8,12,15H,1,9-11,13-14H2,(H,23,24)(H,27,28)/b25-15-. The molecule has 2 aromatic rings. The SMILES string of the molecule is C=N/C=N\C1=C(CNc2ccc(C(=O)O)cn2)CCN(Cc2ccccc2)C1. The van der Waals surface area contributed by atoms with Crippen LogP contribution in [0.5, 0.6) is 0 Å². The molecule has 7 nitrogen and oxygen atoms in total. The van der Waals surface area contributed by atoms with Gasteiger partial charge in [-0.3, -0.25) is 9.89 Å². The molecule has 1 aromatic carbocycles. The summed E-state index contributed by atoms with van der Waals surface area (Å²) in [6, 6.07) is 13.6. The van der Waals surface area contributed by atoms with Crippen molar-refractivity contribution < 1.29 is 9.90 Å². The molecule has 0 bridgehead atoms. The summed E-state index contributed by atoms with van der Waals surface area (Å²) in [7, 11) is 0. The summed E-state index contributed by atoms with van der Waals surface area (Å²) < 4.78 is 0. The molecule has 3 rings (SSSR count). The second-order valence-electron chi connectivity index (χ2n) is 6.51. The number of carbonyl (C=O) groups is 1. The molecule has 1 aromatic heterocycles. The van der Waals surface area contributed by atoms with E-state index in [0.29, 0.717) is 12.4 Å². The van der Waals surface area contributed by atoms with E-state index in [1.54, 1.807) is 6.07 Å². The summed E-state index contributed by atoms with van der Waals surface area (Å²) in [5.41, 5.74) is 3.61. The van der Waals surface area contributed by atoms with Gasteiger partial charge < -0.3 is 10.4 Å². The van der Waals surface area contributed by atoms with E-state index in [1.807, 2.05) is 18.2 Å². The number of hydrogen-bond acceptors (Lipinski definition) is 5. The monoisotopic (exact) mass is 377 g/mol. The van der Waals surface area contributed by atoms with Gasteiger partial charge >= 0.3 is 5.97 Å². The molecule has 1 aliphatic rings. The molecular formula is C21H23N5O2. The average molecular weight is 377 g/mol. The summed E-state index contributed by atoms with van der Waals surface area (Å²) in [6.45, 7) is 6.62. The molecular weight excluding hydrogens is 354 g/mol. The molecule has 0 radical (unpaired) electrons. The third-order valence-electron chi connectivity index (χ3n) is 4.55. The van der Waals surface area contributed by atoms with E-state index in [0.717, 1.165) is 31.8 Å². The highest BCUT2D eigenvalue weighted by molar-refractivity contribution is 5.87. The zero-order valence-corrected chi connectivity index (χ0v) is 15.6. The molecule has 2 N–H and O–H groups in total. The van der Waals surface area contributed by atoms with Gasteiger partial charge in [-0.15, -0.1) is 0 Å². The molecule has 0 fully saturated rings. The van der Waals surface area contributed by atoms with Crippen LogP contribution >= 0.6 is 0 Å². The maximum Gasteiger partial charge on any atom is 0.337 e. The molecule has 2 heterocycles. The first-order chi connectivity index (χ1) is 13.7. The number of rotatable bonds is 8. The van der Waals surface area contributed by atoms with Gasteiger partial charge in [-0.2, -0.15) is 0 Å². The van der Waals surface area contributed by atoms with Crippen molar-refractivity contribution in [1.29, 1.82) is 0 Å². The Hall–Kier alpha value is -3.32. The summed E-state index contributed by atoms with van der Waals surface area (Å²) >= 11 is 0. The van der Waals surface area contributed by atoms with Gasteiger partial charge in [0.1, 0.15) is 12.2 Å². The van der Waals surface area contributed by atoms with Gasteiger partial charge in [-0.1, -0.05) is 30.3 Å². The van der Waals surface area contributed by atoms with E-state index in [1.165, 1.54) is 29.7 Å². The molecule has 0 aliphatic carbocycles. The van der Waals surface area contributed by atoms with Crippen LogP contribution in [0.15, 0.2) is 69.9 Å². The molecule has 0 amide bonds. The molecule has 0 spiro atoms. The van der Waals surface area contributed by atoms with Gasteiger partial charge in [0.2, 0.25) is 0 Å². The molecule has 7 heteroatoms. The second-order valence-corrected chi connectivity index (χ2v) is 6.51. The van der Waals surface area contributed by atoms with Crippen molar-refractivity contribution in [3.63, 3.8) is 0 Å². The largest absolute Gasteiger partial charge is 0.478 e. The van der Waals surface area contributed by atoms with Crippen LogP contribution in [0.1, 0.15) is 22.3 Å². The van der Waals surface area contributed by atoms with Crippen LogP contribution in [0.3, 0.4) is 0 Å². The number of anilines is 1. The topological polar surface area (TPSA) is 90.2 Å². The van der Waals surface area contributed by atoms with Crippen molar-refractivity contribution in [3.8, 4) is 0 Å². The lowest BCUT2D eigenvalue weighted by atomic mass is 10.0. The van der Waals surface area contributed by atoms with E-state index in [9.17, 15) is 4.79 Å². The predicted molar refractivity (Wildman–Crippen MR) is 111 cm³/mol. The van der Waals surface area contributed by atoms with Crippen molar-refractivity contribution in [2.75, 3.05) is 25.0 Å². The minimum atomic E-state index is -0.985. The van der Waals surface area contributed by atoms with Gasteiger partial charge in [-0.25, -0.2) is 14.8 Å². The number of nitrogens with one attached hydrogen (secondary N) is 1. The molecule has 28 heavy (non-hydrogen) atoms. The third-order valence-corrected chi connectivity index (χ3v) is 4.55. The number of benzene rings is 1. The Kier molecular flexibility index (Phi) is 6.64. The van der Waals surface area contributed by atoms with Crippen molar-refractivity contribution in [2.45, 2.75) is 13.0 Å². The van der Waals surface area contributed by atoms with E-state index < -0.39 is 5.97 Å². The molecule has 0 saturated carbocycles. The Balaban J connectivity index is 1.67. The average Bonchev–Trinajstić information content (AvgIpc) is 2.72. The minimum Gasteiger partial charge on any atom is -0.478 e. The van der Waals surface area contributed by atoms with Gasteiger partial charge in [0, 0.05) is 32.4 Å². The Bertz CT molecular complexity index is 875. The predicted octanol–water partition coefficient (Wildman–Crippen LogP) is 3.08. The van der Waals surface area contributed by atoms with Crippen molar-refractivity contribution >= 4 is 24.8 Å². The fourth-order valence-corrected chi connectivity index (χ4v) is 3.07. The summed E-state index contributed by atoms with van der Waals surface area (Å²) in [5, 5.41) is 12.2. The molecule has 0 unspecified atom stereocenters. The maximum atomic E-state index is 10.9. The maximum absolute atomic E-state index is 10.9. The second kappa shape index (κ2) is 9.57. The minimum absolute atomic E-state index is 0.168. The van der Waals surface area contributed by atoms with Gasteiger partial charge in [0.05, 0.1) is 11.3 Å². The number of nitrogens with zero attached hydrogens (tertiary/aromatic N) is 4. The normalized spacial score (nSPS) is 15.0. The summed E-state index contributed by atoms with van der Waals surface area (Å²) in [5.74, 6) is -0.351. The van der Waals surface area contributed by atoms with Gasteiger partial charge in [-0.05, 0) is 36.4 Å². The number of carboxylic acids is 1. The number of pyridine rings is 1. The van der Waals surface area contributed by atoms with Crippen LogP contribution in [-0.2, 0) is 6.54 Å². The highest BCUT2D eigenvalue weighted by atomic mass is 16.4. The van der Waals surface area contributed by atoms with E-state index >= 15 is 0 Å². The van der Waals surface area contributed by atoms with Crippen molar-refractivity contribution in [2.24, 2.45) is 9.98 Å². The lowest BCUT2D eigenvalue weighted by molar-refractivity contribution is 0.0696. The highest BCUT2D eigenvalue weighted by Gasteiger charge is 2.19. The van der Waals surface area contributed by atoms with Crippen LogP contribution in [0.4, 0.5) is 5.82 Å². The Morgan fingerprint density at radius 1 is 1.29 bits per heavy atom. The van der Waals surface area contributed by atoms with E-state index in [-0.39, 0.29) is 5.56 Å². The zero-order chi connectivity index (χ0) is 19.8. The smallest absolute Gasteiger partial charge is 0.337 e. The quantitative estimate of drug-likeness (QED) is 0.545. The first-order valence-electron chi connectivity index (χ1n) is 9.04. The molecule has 144 valence electrons. The fraction of sp³-hybridized carbons (Fsp3) is 0.238. The van der Waals surface area contributed by atoms with Crippen LogP contribution in [0.2, 0.25) is 0 Å². The van der Waals surface area contributed by atoms with Crippen LogP contribution < -0.4 is 5.32 Å². The number of aliphatic imine (C=N–C) groups is 2. The Labute approximate surface area is 164 Å². The number of aromatic carboxylic acids is 1. The van der Waals surface area contributed by atoms with E-state index in [4.69, 9.17) is 5.11 Å². The van der Waals surface area contributed by atoms with Gasteiger partial charge in [0.25, 0.3) is 0 Å². The third kappa shape index (κ3) is 5.34. The van der Waals surface area contributed by atoms with Crippen LogP contribution in [-0.4, -0.2) is 53.7 Å². The molecule has 0 saturated heterocycles. The number of aromatic nitrogens is 1. The first-order valence-corrected chi connectivity index (χ1v) is 9.04. The zero-order valence-electron chi connectivity index (χ0n) is 15.6. The lowest BCUT2D eigenvalue weighted by Crippen LogP contribution is -2.32. The first kappa shape index (κ1) is 19.4. The van der Waals surface area contributed by atoms with Crippen LogP contribution in [0.25, 0.3) is 0 Å². The Morgan fingerprint density at radius 2 is 2.11 bits per heavy atom. The van der Waals surface area contributed by atoms with E-state index in [2.05, 4.69) is 44.0 Å². The summed E-state index contributed by atoms with van der Waals surface area (Å²) in [6.07, 6.45) is 3.71. The molecule has 0 atom stereocenters. The molecule has 1 aliphatic heterocycles. The summed E-state index contributed by atoms with van der Waals surface area (Å²) in [4.78, 5) is 25.6. The number of hydrogen-bond donors (Lipinski definition) is 2.